The lowest BCUT2D eigenvalue weighted by atomic mass is 9.71. The van der Waals surface area contributed by atoms with Crippen molar-refractivity contribution < 1.29 is 14.3 Å². The Labute approximate surface area is 137 Å². The second-order valence-electron chi connectivity index (χ2n) is 6.61. The summed E-state index contributed by atoms with van der Waals surface area (Å²) in [5, 5.41) is 3.43. The predicted molar refractivity (Wildman–Crippen MR) is 89.2 cm³/mol. The molecular formula is C18H26N2O3. The zero-order valence-electron chi connectivity index (χ0n) is 14.1. The Morgan fingerprint density at radius 2 is 1.78 bits per heavy atom. The normalized spacial score (nSPS) is 20.3. The quantitative estimate of drug-likeness (QED) is 0.929. The van der Waals surface area contributed by atoms with Crippen LogP contribution in [0.2, 0.25) is 0 Å². The first-order valence-electron chi connectivity index (χ1n) is 8.39. The molecule has 2 fully saturated rings. The third kappa shape index (κ3) is 3.29. The molecule has 1 spiro atoms. The number of ether oxygens (including phenoxy) is 2. The smallest absolute Gasteiger partial charge is 0.257 e. The Morgan fingerprint density at radius 3 is 2.39 bits per heavy atom. The molecule has 3 rings (SSSR count). The monoisotopic (exact) mass is 318 g/mol. The van der Waals surface area contributed by atoms with Crippen molar-refractivity contribution in [3.8, 4) is 11.5 Å². The number of likely N-dealkylation sites (tertiary alicyclic amines) is 1. The Balaban J connectivity index is 1.70. The van der Waals surface area contributed by atoms with E-state index in [1.807, 2.05) is 11.0 Å². The van der Waals surface area contributed by atoms with E-state index < -0.39 is 0 Å². The number of methoxy groups -OCH3 is 2. The van der Waals surface area contributed by atoms with Crippen LogP contribution in [-0.4, -0.2) is 51.2 Å². The lowest BCUT2D eigenvalue weighted by Gasteiger charge is -2.44. The zero-order valence-corrected chi connectivity index (χ0v) is 14.1. The van der Waals surface area contributed by atoms with Gasteiger partial charge >= 0.3 is 0 Å². The number of carbonyl (C=O) groups excluding carboxylic acids is 1. The maximum absolute atomic E-state index is 12.8. The van der Waals surface area contributed by atoms with E-state index in [1.165, 1.54) is 12.8 Å². The lowest BCUT2D eigenvalue weighted by molar-refractivity contribution is 0.0493. The maximum Gasteiger partial charge on any atom is 0.257 e. The van der Waals surface area contributed by atoms with Gasteiger partial charge in [0, 0.05) is 19.2 Å². The SMILES string of the molecule is COc1ccc(C(=O)N2CCC3(CCNCC3)CC2)c(OC)c1. The average Bonchev–Trinajstić information content (AvgIpc) is 2.62. The number of rotatable bonds is 3. The maximum atomic E-state index is 12.8. The van der Waals surface area contributed by atoms with E-state index in [9.17, 15) is 4.79 Å². The van der Waals surface area contributed by atoms with Gasteiger partial charge < -0.3 is 19.7 Å². The van der Waals surface area contributed by atoms with E-state index in [-0.39, 0.29) is 5.91 Å². The summed E-state index contributed by atoms with van der Waals surface area (Å²) in [4.78, 5) is 14.8. The fraction of sp³-hybridized carbons (Fsp3) is 0.611. The van der Waals surface area contributed by atoms with E-state index in [1.54, 1.807) is 26.4 Å². The molecule has 5 nitrogen and oxygen atoms in total. The fourth-order valence-corrected chi connectivity index (χ4v) is 3.79. The summed E-state index contributed by atoms with van der Waals surface area (Å²) in [6.07, 6.45) is 4.69. The van der Waals surface area contributed by atoms with Crippen LogP contribution < -0.4 is 14.8 Å². The van der Waals surface area contributed by atoms with Crippen molar-refractivity contribution in [2.45, 2.75) is 25.7 Å². The van der Waals surface area contributed by atoms with Gasteiger partial charge in [0.2, 0.25) is 0 Å². The Kier molecular flexibility index (Phi) is 4.76. The van der Waals surface area contributed by atoms with Crippen LogP contribution in [0.5, 0.6) is 11.5 Å². The predicted octanol–water partition coefficient (Wildman–Crippen LogP) is 2.31. The molecule has 0 aromatic heterocycles. The number of hydrogen-bond acceptors (Lipinski definition) is 4. The van der Waals surface area contributed by atoms with Gasteiger partial charge in [0.25, 0.3) is 5.91 Å². The minimum absolute atomic E-state index is 0.0632. The van der Waals surface area contributed by atoms with Crippen LogP contribution in [0.3, 0.4) is 0 Å². The molecule has 2 aliphatic heterocycles. The first-order valence-corrected chi connectivity index (χ1v) is 8.39. The van der Waals surface area contributed by atoms with E-state index in [2.05, 4.69) is 5.32 Å². The zero-order chi connectivity index (χ0) is 16.3. The summed E-state index contributed by atoms with van der Waals surface area (Å²) in [6, 6.07) is 5.38. The molecule has 1 aromatic carbocycles. The Bertz CT molecular complexity index is 557. The molecule has 23 heavy (non-hydrogen) atoms. The van der Waals surface area contributed by atoms with Crippen LogP contribution in [0.1, 0.15) is 36.0 Å². The first kappa shape index (κ1) is 16.1. The van der Waals surface area contributed by atoms with Crippen LogP contribution in [-0.2, 0) is 0 Å². The van der Waals surface area contributed by atoms with Crippen molar-refractivity contribution >= 4 is 5.91 Å². The average molecular weight is 318 g/mol. The van der Waals surface area contributed by atoms with Crippen LogP contribution in [0, 0.1) is 5.41 Å². The van der Waals surface area contributed by atoms with Crippen LogP contribution in [0.15, 0.2) is 18.2 Å². The topological polar surface area (TPSA) is 50.8 Å². The van der Waals surface area contributed by atoms with Crippen LogP contribution >= 0.6 is 0 Å². The van der Waals surface area contributed by atoms with Gasteiger partial charge in [-0.15, -0.1) is 0 Å². The van der Waals surface area contributed by atoms with Gasteiger partial charge in [0.05, 0.1) is 19.8 Å². The number of piperidine rings is 2. The van der Waals surface area contributed by atoms with Gasteiger partial charge in [-0.3, -0.25) is 4.79 Å². The molecule has 0 atom stereocenters. The van der Waals surface area contributed by atoms with Crippen molar-refractivity contribution in [1.82, 2.24) is 10.2 Å². The molecule has 0 radical (unpaired) electrons. The molecule has 0 saturated carbocycles. The van der Waals surface area contributed by atoms with Crippen molar-refractivity contribution in [2.75, 3.05) is 40.4 Å². The highest BCUT2D eigenvalue weighted by molar-refractivity contribution is 5.97. The Morgan fingerprint density at radius 1 is 1.09 bits per heavy atom. The summed E-state index contributed by atoms with van der Waals surface area (Å²) < 4.78 is 10.6. The molecule has 0 aliphatic carbocycles. The van der Waals surface area contributed by atoms with Crippen molar-refractivity contribution in [1.29, 1.82) is 0 Å². The minimum Gasteiger partial charge on any atom is -0.497 e. The van der Waals surface area contributed by atoms with E-state index >= 15 is 0 Å². The lowest BCUT2D eigenvalue weighted by Crippen LogP contribution is -2.47. The molecule has 5 heteroatoms. The molecule has 0 bridgehead atoms. The first-order chi connectivity index (χ1) is 11.2. The second-order valence-corrected chi connectivity index (χ2v) is 6.61. The number of amides is 1. The molecule has 1 amide bonds. The minimum atomic E-state index is 0.0632. The molecule has 126 valence electrons. The summed E-state index contributed by atoms with van der Waals surface area (Å²) in [5.74, 6) is 1.34. The largest absolute Gasteiger partial charge is 0.497 e. The fourth-order valence-electron chi connectivity index (χ4n) is 3.79. The summed E-state index contributed by atoms with van der Waals surface area (Å²) in [5.41, 5.74) is 1.07. The molecule has 1 aromatic rings. The summed E-state index contributed by atoms with van der Waals surface area (Å²) in [6.45, 7) is 3.91. The van der Waals surface area contributed by atoms with Gasteiger partial charge in [-0.1, -0.05) is 0 Å². The number of nitrogens with one attached hydrogen (secondary N) is 1. The third-order valence-corrected chi connectivity index (χ3v) is 5.41. The molecule has 2 saturated heterocycles. The van der Waals surface area contributed by atoms with Crippen LogP contribution in [0.4, 0.5) is 0 Å². The van der Waals surface area contributed by atoms with Crippen molar-refractivity contribution in [2.24, 2.45) is 5.41 Å². The standard InChI is InChI=1S/C18H26N2O3/c1-22-14-3-4-15(16(13-14)23-2)17(21)20-11-7-18(8-12-20)5-9-19-10-6-18/h3-4,13,19H,5-12H2,1-2H3. The van der Waals surface area contributed by atoms with Gasteiger partial charge in [0.1, 0.15) is 11.5 Å². The highest BCUT2D eigenvalue weighted by Crippen LogP contribution is 2.40. The second kappa shape index (κ2) is 6.79. The molecule has 2 heterocycles. The molecule has 0 unspecified atom stereocenters. The number of benzene rings is 1. The van der Waals surface area contributed by atoms with E-state index in [4.69, 9.17) is 9.47 Å². The van der Waals surface area contributed by atoms with Crippen LogP contribution in [0.25, 0.3) is 0 Å². The number of hydrogen-bond donors (Lipinski definition) is 1. The van der Waals surface area contributed by atoms with E-state index in [0.717, 1.165) is 39.0 Å². The highest BCUT2D eigenvalue weighted by Gasteiger charge is 2.37. The third-order valence-electron chi connectivity index (χ3n) is 5.41. The molecule has 2 aliphatic rings. The van der Waals surface area contributed by atoms with Gasteiger partial charge in [-0.2, -0.15) is 0 Å². The number of carbonyl (C=O) groups is 1. The van der Waals surface area contributed by atoms with Crippen molar-refractivity contribution in [3.63, 3.8) is 0 Å². The van der Waals surface area contributed by atoms with Crippen molar-refractivity contribution in [3.05, 3.63) is 23.8 Å². The number of nitrogens with zero attached hydrogens (tertiary/aromatic N) is 1. The molecular weight excluding hydrogens is 292 g/mol. The van der Waals surface area contributed by atoms with Gasteiger partial charge in [0.15, 0.2) is 0 Å². The summed E-state index contributed by atoms with van der Waals surface area (Å²) >= 11 is 0. The Hall–Kier alpha value is -1.75. The summed E-state index contributed by atoms with van der Waals surface area (Å²) in [7, 11) is 3.20. The highest BCUT2D eigenvalue weighted by atomic mass is 16.5. The molecule has 1 N–H and O–H groups in total. The van der Waals surface area contributed by atoms with Gasteiger partial charge in [-0.25, -0.2) is 0 Å². The van der Waals surface area contributed by atoms with E-state index in [0.29, 0.717) is 22.5 Å². The van der Waals surface area contributed by atoms with Gasteiger partial charge in [-0.05, 0) is 56.3 Å².